The van der Waals surface area contributed by atoms with Crippen molar-refractivity contribution < 1.29 is 14.3 Å². The Kier molecular flexibility index (Phi) is 2.67. The monoisotopic (exact) mass is 238 g/mol. The third-order valence-corrected chi connectivity index (χ3v) is 4.24. The second-order valence-corrected chi connectivity index (χ2v) is 5.25. The number of likely N-dealkylation sites (tertiary alicyclic amines) is 1. The second kappa shape index (κ2) is 4.07. The summed E-state index contributed by atoms with van der Waals surface area (Å²) < 4.78 is 5.36. The van der Waals surface area contributed by atoms with E-state index >= 15 is 0 Å². The number of imide groups is 1. The summed E-state index contributed by atoms with van der Waals surface area (Å²) in [6.45, 7) is 2.03. The Bertz CT molecular complexity index is 332. The number of rotatable bonds is 4. The van der Waals surface area contributed by atoms with Crippen molar-refractivity contribution in [2.45, 2.75) is 18.9 Å². The van der Waals surface area contributed by atoms with Crippen LogP contribution in [0.5, 0.6) is 0 Å². The summed E-state index contributed by atoms with van der Waals surface area (Å²) in [7, 11) is 1.88. The van der Waals surface area contributed by atoms with Gasteiger partial charge in [-0.05, 0) is 19.9 Å². The summed E-state index contributed by atoms with van der Waals surface area (Å²) in [6.07, 6.45) is 1.79. The molecule has 2 saturated heterocycles. The highest BCUT2D eigenvalue weighted by molar-refractivity contribution is 6.08. The highest BCUT2D eigenvalue weighted by Crippen LogP contribution is 2.47. The molecule has 94 valence electrons. The first-order chi connectivity index (χ1) is 8.22. The first-order valence-corrected chi connectivity index (χ1v) is 6.32. The number of amides is 2. The quantitative estimate of drug-likeness (QED) is 0.678. The highest BCUT2D eigenvalue weighted by atomic mass is 16.5. The van der Waals surface area contributed by atoms with Crippen molar-refractivity contribution >= 4 is 11.8 Å². The molecule has 0 bridgehead atoms. The lowest BCUT2D eigenvalue weighted by molar-refractivity contribution is -0.141. The largest absolute Gasteiger partial charge is 0.381 e. The third kappa shape index (κ3) is 1.77. The van der Waals surface area contributed by atoms with Crippen LogP contribution < -0.4 is 5.32 Å². The predicted octanol–water partition coefficient (Wildman–Crippen LogP) is -0.384. The summed E-state index contributed by atoms with van der Waals surface area (Å²) >= 11 is 0. The number of carbonyl (C=O) groups excluding carboxylic acids is 2. The number of fused-ring (bicyclic) bond motifs is 1. The lowest BCUT2D eigenvalue weighted by atomic mass is 9.98. The SMILES string of the molecule is CNC(CN1C(=O)C2CC2C1=O)C1CCOC1. The second-order valence-electron chi connectivity index (χ2n) is 5.25. The van der Waals surface area contributed by atoms with Gasteiger partial charge in [-0.15, -0.1) is 0 Å². The Morgan fingerprint density at radius 1 is 1.41 bits per heavy atom. The maximum absolute atomic E-state index is 11.9. The number of ether oxygens (including phenoxy) is 1. The van der Waals surface area contributed by atoms with E-state index in [-0.39, 0.29) is 29.7 Å². The van der Waals surface area contributed by atoms with E-state index < -0.39 is 0 Å². The van der Waals surface area contributed by atoms with Gasteiger partial charge in [-0.1, -0.05) is 0 Å². The number of hydrogen-bond acceptors (Lipinski definition) is 4. The fourth-order valence-electron chi connectivity index (χ4n) is 2.97. The molecule has 5 heteroatoms. The molecule has 1 aliphatic carbocycles. The molecule has 3 fully saturated rings. The Hall–Kier alpha value is -0.940. The molecule has 2 aliphatic heterocycles. The number of carbonyl (C=O) groups is 2. The van der Waals surface area contributed by atoms with Crippen LogP contribution in [0.4, 0.5) is 0 Å². The van der Waals surface area contributed by atoms with Gasteiger partial charge in [0.25, 0.3) is 0 Å². The summed E-state index contributed by atoms with van der Waals surface area (Å²) in [5.41, 5.74) is 0. The van der Waals surface area contributed by atoms with Crippen LogP contribution in [0, 0.1) is 17.8 Å². The van der Waals surface area contributed by atoms with Gasteiger partial charge in [-0.25, -0.2) is 0 Å². The fourth-order valence-corrected chi connectivity index (χ4v) is 2.97. The van der Waals surface area contributed by atoms with Crippen LogP contribution in [0.2, 0.25) is 0 Å². The van der Waals surface area contributed by atoms with Crippen molar-refractivity contribution in [2.75, 3.05) is 26.8 Å². The van der Waals surface area contributed by atoms with E-state index in [1.807, 2.05) is 7.05 Å². The van der Waals surface area contributed by atoms with E-state index in [2.05, 4.69) is 5.32 Å². The van der Waals surface area contributed by atoms with E-state index in [4.69, 9.17) is 4.74 Å². The van der Waals surface area contributed by atoms with E-state index in [1.165, 1.54) is 4.90 Å². The fraction of sp³-hybridized carbons (Fsp3) is 0.833. The van der Waals surface area contributed by atoms with Crippen molar-refractivity contribution in [3.63, 3.8) is 0 Å². The third-order valence-electron chi connectivity index (χ3n) is 4.24. The Balaban J connectivity index is 1.65. The molecule has 5 nitrogen and oxygen atoms in total. The van der Waals surface area contributed by atoms with Crippen molar-refractivity contribution in [3.8, 4) is 0 Å². The van der Waals surface area contributed by atoms with Crippen LogP contribution >= 0.6 is 0 Å². The molecule has 3 aliphatic rings. The van der Waals surface area contributed by atoms with Crippen molar-refractivity contribution in [3.05, 3.63) is 0 Å². The van der Waals surface area contributed by atoms with Crippen LogP contribution in [0.25, 0.3) is 0 Å². The average Bonchev–Trinajstić information content (AvgIpc) is 2.88. The number of nitrogens with one attached hydrogen (secondary N) is 1. The van der Waals surface area contributed by atoms with Gasteiger partial charge in [-0.3, -0.25) is 14.5 Å². The van der Waals surface area contributed by atoms with Gasteiger partial charge in [0.15, 0.2) is 0 Å². The molecule has 17 heavy (non-hydrogen) atoms. The Morgan fingerprint density at radius 2 is 2.12 bits per heavy atom. The standard InChI is InChI=1S/C12H18N2O3/c1-13-10(7-2-3-17-6-7)5-14-11(15)8-4-9(8)12(14)16/h7-10,13H,2-6H2,1H3. The van der Waals surface area contributed by atoms with Crippen molar-refractivity contribution in [2.24, 2.45) is 17.8 Å². The molecular formula is C12H18N2O3. The Morgan fingerprint density at radius 3 is 2.65 bits per heavy atom. The van der Waals surface area contributed by atoms with Crippen LogP contribution in [0.3, 0.4) is 0 Å². The number of likely N-dealkylation sites (N-methyl/N-ethyl adjacent to an activating group) is 1. The van der Waals surface area contributed by atoms with E-state index in [9.17, 15) is 9.59 Å². The number of hydrogen-bond donors (Lipinski definition) is 1. The summed E-state index contributed by atoms with van der Waals surface area (Å²) in [6, 6.07) is 0.169. The van der Waals surface area contributed by atoms with E-state index in [0.717, 1.165) is 26.1 Å². The van der Waals surface area contributed by atoms with Crippen molar-refractivity contribution in [1.82, 2.24) is 10.2 Å². The molecule has 2 heterocycles. The minimum atomic E-state index is 0.0137. The molecule has 4 unspecified atom stereocenters. The molecule has 1 N–H and O–H groups in total. The number of piperidine rings is 1. The van der Waals surface area contributed by atoms with E-state index in [0.29, 0.717) is 12.5 Å². The first kappa shape index (κ1) is 11.2. The number of nitrogens with zero attached hydrogens (tertiary/aromatic N) is 1. The van der Waals surface area contributed by atoms with Gasteiger partial charge in [-0.2, -0.15) is 0 Å². The van der Waals surface area contributed by atoms with Gasteiger partial charge in [0.2, 0.25) is 11.8 Å². The van der Waals surface area contributed by atoms with Gasteiger partial charge >= 0.3 is 0 Å². The van der Waals surface area contributed by atoms with Gasteiger partial charge in [0, 0.05) is 25.1 Å². The molecule has 0 aromatic heterocycles. The van der Waals surface area contributed by atoms with Gasteiger partial charge in [0.1, 0.15) is 0 Å². The van der Waals surface area contributed by atoms with Crippen LogP contribution in [0.15, 0.2) is 0 Å². The Labute approximate surface area is 100 Å². The molecule has 0 aromatic carbocycles. The lowest BCUT2D eigenvalue weighted by Gasteiger charge is -2.27. The maximum Gasteiger partial charge on any atom is 0.233 e. The predicted molar refractivity (Wildman–Crippen MR) is 60.1 cm³/mol. The normalized spacial score (nSPS) is 37.5. The minimum Gasteiger partial charge on any atom is -0.381 e. The highest BCUT2D eigenvalue weighted by Gasteiger charge is 2.59. The van der Waals surface area contributed by atoms with E-state index in [1.54, 1.807) is 0 Å². The van der Waals surface area contributed by atoms with Gasteiger partial charge < -0.3 is 10.1 Å². The molecule has 3 rings (SSSR count). The molecule has 4 atom stereocenters. The summed E-state index contributed by atoms with van der Waals surface area (Å²) in [4.78, 5) is 25.2. The molecule has 2 amide bonds. The van der Waals surface area contributed by atoms with Crippen LogP contribution in [0.1, 0.15) is 12.8 Å². The zero-order valence-electron chi connectivity index (χ0n) is 10.0. The van der Waals surface area contributed by atoms with Crippen LogP contribution in [-0.2, 0) is 14.3 Å². The minimum absolute atomic E-state index is 0.0137. The summed E-state index contributed by atoms with van der Waals surface area (Å²) in [5, 5.41) is 3.22. The zero-order chi connectivity index (χ0) is 12.0. The smallest absolute Gasteiger partial charge is 0.233 e. The molecule has 0 spiro atoms. The zero-order valence-corrected chi connectivity index (χ0v) is 10.0. The molecule has 0 radical (unpaired) electrons. The maximum atomic E-state index is 11.9. The van der Waals surface area contributed by atoms with Crippen molar-refractivity contribution in [1.29, 1.82) is 0 Å². The lowest BCUT2D eigenvalue weighted by Crippen LogP contribution is -2.47. The summed E-state index contributed by atoms with van der Waals surface area (Å²) in [5.74, 6) is 0.524. The molecule has 1 saturated carbocycles. The van der Waals surface area contributed by atoms with Gasteiger partial charge in [0.05, 0.1) is 18.4 Å². The molecule has 0 aromatic rings. The topological polar surface area (TPSA) is 58.6 Å². The first-order valence-electron chi connectivity index (χ1n) is 6.32. The molecular weight excluding hydrogens is 220 g/mol. The average molecular weight is 238 g/mol. The van der Waals surface area contributed by atoms with Crippen LogP contribution in [-0.4, -0.2) is 49.6 Å².